The van der Waals surface area contributed by atoms with Gasteiger partial charge in [0.25, 0.3) is 0 Å². The van der Waals surface area contributed by atoms with Crippen LogP contribution in [0.15, 0.2) is 24.3 Å². The van der Waals surface area contributed by atoms with Crippen LogP contribution in [-0.4, -0.2) is 19.0 Å². The van der Waals surface area contributed by atoms with Gasteiger partial charge in [-0.2, -0.15) is 0 Å². The molecule has 0 saturated heterocycles. The Morgan fingerprint density at radius 1 is 1.05 bits per heavy atom. The molecule has 3 heteroatoms. The molecule has 0 fully saturated rings. The summed E-state index contributed by atoms with van der Waals surface area (Å²) in [5, 5.41) is 3.00. The Kier molecular flexibility index (Phi) is 8.18. The van der Waals surface area contributed by atoms with Gasteiger partial charge >= 0.3 is 0 Å². The molecule has 0 saturated carbocycles. The Labute approximate surface area is 135 Å². The van der Waals surface area contributed by atoms with Crippen molar-refractivity contribution < 1.29 is 4.79 Å². The fourth-order valence-corrected chi connectivity index (χ4v) is 2.39. The quantitative estimate of drug-likeness (QED) is 0.685. The minimum atomic E-state index is 0.166. The molecule has 0 unspecified atom stereocenters. The number of hydrogen-bond donors (Lipinski definition) is 2. The maximum Gasteiger partial charge on any atom is 0.220 e. The molecule has 1 amide bonds. The van der Waals surface area contributed by atoms with Crippen LogP contribution >= 0.6 is 0 Å². The number of nitrogens with one attached hydrogen (secondary N) is 1. The second-order valence-corrected chi connectivity index (χ2v) is 7.00. The van der Waals surface area contributed by atoms with Gasteiger partial charge in [0, 0.05) is 13.0 Å². The predicted molar refractivity (Wildman–Crippen MR) is 94.0 cm³/mol. The molecule has 0 spiro atoms. The van der Waals surface area contributed by atoms with Crippen molar-refractivity contribution in [2.45, 2.75) is 64.7 Å². The van der Waals surface area contributed by atoms with Crippen molar-refractivity contribution in [3.8, 4) is 0 Å². The third-order valence-corrected chi connectivity index (χ3v) is 3.91. The van der Waals surface area contributed by atoms with E-state index in [4.69, 9.17) is 5.73 Å². The first-order valence-corrected chi connectivity index (χ1v) is 8.49. The summed E-state index contributed by atoms with van der Waals surface area (Å²) in [6.07, 6.45) is 5.78. The van der Waals surface area contributed by atoms with Crippen LogP contribution in [0.3, 0.4) is 0 Å². The Morgan fingerprint density at radius 2 is 1.68 bits per heavy atom. The number of carbonyl (C=O) groups is 1. The summed E-state index contributed by atoms with van der Waals surface area (Å²) in [6, 6.07) is 8.71. The highest BCUT2D eigenvalue weighted by molar-refractivity contribution is 5.75. The minimum Gasteiger partial charge on any atom is -0.356 e. The minimum absolute atomic E-state index is 0.166. The van der Waals surface area contributed by atoms with Crippen LogP contribution in [-0.2, 0) is 16.6 Å². The highest BCUT2D eigenvalue weighted by Gasteiger charge is 2.12. The standard InChI is InChI=1S/C19H32N2O/c1-19(2,3)17-11-9-16(10-12-17)13-15-21-18(22)8-6-4-5-7-14-20/h9-12H,4-8,13-15,20H2,1-3H3,(H,21,22). The molecule has 0 bridgehead atoms. The van der Waals surface area contributed by atoms with E-state index in [9.17, 15) is 4.79 Å². The van der Waals surface area contributed by atoms with E-state index in [1.165, 1.54) is 11.1 Å². The van der Waals surface area contributed by atoms with E-state index in [0.29, 0.717) is 6.42 Å². The fourth-order valence-electron chi connectivity index (χ4n) is 2.39. The van der Waals surface area contributed by atoms with Gasteiger partial charge in [-0.05, 0) is 42.3 Å². The number of carbonyl (C=O) groups excluding carboxylic acids is 1. The predicted octanol–water partition coefficient (Wildman–Crippen LogP) is 3.55. The van der Waals surface area contributed by atoms with Crippen LogP contribution in [0.1, 0.15) is 64.0 Å². The largest absolute Gasteiger partial charge is 0.356 e. The molecule has 0 aliphatic rings. The molecular weight excluding hydrogens is 272 g/mol. The van der Waals surface area contributed by atoms with Gasteiger partial charge in [-0.1, -0.05) is 57.9 Å². The van der Waals surface area contributed by atoms with Crippen molar-refractivity contribution in [3.63, 3.8) is 0 Å². The maximum atomic E-state index is 11.7. The molecule has 0 aliphatic heterocycles. The molecule has 3 N–H and O–H groups in total. The highest BCUT2D eigenvalue weighted by Crippen LogP contribution is 2.22. The molecule has 124 valence electrons. The summed E-state index contributed by atoms with van der Waals surface area (Å²) >= 11 is 0. The van der Waals surface area contributed by atoms with Gasteiger partial charge in [0.15, 0.2) is 0 Å². The first-order chi connectivity index (χ1) is 10.4. The number of nitrogens with two attached hydrogens (primary N) is 1. The third-order valence-electron chi connectivity index (χ3n) is 3.91. The van der Waals surface area contributed by atoms with Gasteiger partial charge in [0.1, 0.15) is 0 Å². The van der Waals surface area contributed by atoms with E-state index >= 15 is 0 Å². The van der Waals surface area contributed by atoms with E-state index in [1.54, 1.807) is 0 Å². The summed E-state index contributed by atoms with van der Waals surface area (Å²) in [5.41, 5.74) is 8.26. The number of amides is 1. The Hall–Kier alpha value is -1.35. The summed E-state index contributed by atoms with van der Waals surface area (Å²) in [6.45, 7) is 8.12. The lowest BCUT2D eigenvalue weighted by Crippen LogP contribution is -2.25. The molecule has 0 aliphatic carbocycles. The Balaban J connectivity index is 2.20. The van der Waals surface area contributed by atoms with Crippen LogP contribution in [0.4, 0.5) is 0 Å². The zero-order valence-corrected chi connectivity index (χ0v) is 14.5. The summed E-state index contributed by atoms with van der Waals surface area (Å²) in [7, 11) is 0. The normalized spacial score (nSPS) is 11.5. The van der Waals surface area contributed by atoms with Crippen molar-refractivity contribution in [2.24, 2.45) is 5.73 Å². The summed E-state index contributed by atoms with van der Waals surface area (Å²) < 4.78 is 0. The van der Waals surface area contributed by atoms with Gasteiger partial charge in [0.05, 0.1) is 0 Å². The number of unbranched alkanes of at least 4 members (excludes halogenated alkanes) is 3. The molecule has 1 rings (SSSR count). The summed E-state index contributed by atoms with van der Waals surface area (Å²) in [5.74, 6) is 0.166. The number of rotatable bonds is 9. The van der Waals surface area contributed by atoms with Crippen LogP contribution in [0, 0.1) is 0 Å². The van der Waals surface area contributed by atoms with E-state index < -0.39 is 0 Å². The van der Waals surface area contributed by atoms with Gasteiger partial charge in [-0.3, -0.25) is 4.79 Å². The molecule has 22 heavy (non-hydrogen) atoms. The second-order valence-electron chi connectivity index (χ2n) is 7.00. The molecule has 1 aromatic carbocycles. The summed E-state index contributed by atoms with van der Waals surface area (Å²) in [4.78, 5) is 11.7. The second kappa shape index (κ2) is 9.62. The van der Waals surface area contributed by atoms with Gasteiger partial charge in [0.2, 0.25) is 5.91 Å². The number of hydrogen-bond acceptors (Lipinski definition) is 2. The van der Waals surface area contributed by atoms with Gasteiger partial charge in [-0.25, -0.2) is 0 Å². The first kappa shape index (κ1) is 18.7. The molecular formula is C19H32N2O. The lowest BCUT2D eigenvalue weighted by molar-refractivity contribution is -0.121. The zero-order chi connectivity index (χ0) is 16.4. The van der Waals surface area contributed by atoms with E-state index in [1.807, 2.05) is 0 Å². The van der Waals surface area contributed by atoms with Gasteiger partial charge in [-0.15, -0.1) is 0 Å². The molecule has 0 aromatic heterocycles. The smallest absolute Gasteiger partial charge is 0.220 e. The number of benzene rings is 1. The van der Waals surface area contributed by atoms with Crippen molar-refractivity contribution in [2.75, 3.05) is 13.1 Å². The van der Waals surface area contributed by atoms with Crippen LogP contribution in [0.25, 0.3) is 0 Å². The van der Waals surface area contributed by atoms with Crippen molar-refractivity contribution in [1.29, 1.82) is 0 Å². The van der Waals surface area contributed by atoms with E-state index in [2.05, 4.69) is 50.4 Å². The van der Waals surface area contributed by atoms with Crippen LogP contribution in [0.5, 0.6) is 0 Å². The van der Waals surface area contributed by atoms with Crippen molar-refractivity contribution in [1.82, 2.24) is 5.32 Å². The molecule has 0 radical (unpaired) electrons. The maximum absolute atomic E-state index is 11.7. The fraction of sp³-hybridized carbons (Fsp3) is 0.632. The van der Waals surface area contributed by atoms with E-state index in [-0.39, 0.29) is 11.3 Å². The Morgan fingerprint density at radius 3 is 2.27 bits per heavy atom. The molecule has 3 nitrogen and oxygen atoms in total. The van der Waals surface area contributed by atoms with Crippen LogP contribution in [0.2, 0.25) is 0 Å². The Bertz CT molecular complexity index is 432. The zero-order valence-electron chi connectivity index (χ0n) is 14.5. The monoisotopic (exact) mass is 304 g/mol. The van der Waals surface area contributed by atoms with Crippen molar-refractivity contribution >= 4 is 5.91 Å². The average Bonchev–Trinajstić information content (AvgIpc) is 2.46. The van der Waals surface area contributed by atoms with Gasteiger partial charge < -0.3 is 11.1 Å². The SMILES string of the molecule is CC(C)(C)c1ccc(CCNC(=O)CCCCCCN)cc1. The van der Waals surface area contributed by atoms with Crippen molar-refractivity contribution in [3.05, 3.63) is 35.4 Å². The molecule has 0 atom stereocenters. The lowest BCUT2D eigenvalue weighted by Gasteiger charge is -2.19. The third kappa shape index (κ3) is 7.60. The molecule has 0 heterocycles. The highest BCUT2D eigenvalue weighted by atomic mass is 16.1. The molecule has 1 aromatic rings. The first-order valence-electron chi connectivity index (χ1n) is 8.49. The average molecular weight is 304 g/mol. The lowest BCUT2D eigenvalue weighted by atomic mass is 9.86. The van der Waals surface area contributed by atoms with E-state index in [0.717, 1.165) is 45.2 Å². The topological polar surface area (TPSA) is 55.1 Å². The van der Waals surface area contributed by atoms with Crippen LogP contribution < -0.4 is 11.1 Å².